The lowest BCUT2D eigenvalue weighted by atomic mass is 9.99. The smallest absolute Gasteiger partial charge is 0.408 e. The van der Waals surface area contributed by atoms with Crippen molar-refractivity contribution in [2.24, 2.45) is 5.73 Å². The van der Waals surface area contributed by atoms with Crippen LogP contribution in [0.25, 0.3) is 0 Å². The van der Waals surface area contributed by atoms with Gasteiger partial charge in [-0.25, -0.2) is 13.6 Å². The van der Waals surface area contributed by atoms with Crippen molar-refractivity contribution >= 4 is 29.7 Å². The van der Waals surface area contributed by atoms with Crippen LogP contribution in [0.15, 0.2) is 60.7 Å². The molecule has 2 aromatic rings. The Morgan fingerprint density at radius 3 is 2.13 bits per heavy atom. The van der Waals surface area contributed by atoms with Gasteiger partial charge in [0.05, 0.1) is 19.0 Å². The molecule has 14 heteroatoms. The standard InChI is InChI=1S/C31H39F2N5O7/c1-30(2,3)37-27(42)23-16-31(32,33)18-38(23)28(43)25(40)21(14-19-10-6-4-7-11-19)35-26(41)22(15-24(34)39)36-29(44)45-17-20-12-8-5-9-13-20/h4-13,21-23,25,40H,14-18H2,1-3H3,(H2,34,39)(H,35,41)(H,36,44)(H,37,42). The van der Waals surface area contributed by atoms with Crippen molar-refractivity contribution in [2.75, 3.05) is 6.54 Å². The molecule has 0 radical (unpaired) electrons. The molecule has 244 valence electrons. The molecular weight excluding hydrogens is 592 g/mol. The molecule has 1 saturated heterocycles. The topological polar surface area (TPSA) is 180 Å². The van der Waals surface area contributed by atoms with Gasteiger partial charge in [-0.05, 0) is 38.3 Å². The van der Waals surface area contributed by atoms with E-state index in [0.29, 0.717) is 16.0 Å². The lowest BCUT2D eigenvalue weighted by Gasteiger charge is -2.32. The van der Waals surface area contributed by atoms with Crippen LogP contribution in [-0.2, 0) is 36.9 Å². The number of aliphatic hydroxyl groups is 1. The van der Waals surface area contributed by atoms with Crippen molar-refractivity contribution in [3.8, 4) is 0 Å². The number of alkyl halides is 2. The summed E-state index contributed by atoms with van der Waals surface area (Å²) in [5.74, 6) is -7.36. The molecule has 1 aliphatic heterocycles. The van der Waals surface area contributed by atoms with E-state index in [-0.39, 0.29) is 13.0 Å². The van der Waals surface area contributed by atoms with E-state index in [4.69, 9.17) is 10.5 Å². The molecule has 5 amide bonds. The predicted octanol–water partition coefficient (Wildman–Crippen LogP) is 1.40. The van der Waals surface area contributed by atoms with Gasteiger partial charge in [-0.2, -0.15) is 0 Å². The molecule has 0 saturated carbocycles. The Labute approximate surface area is 259 Å². The number of amides is 5. The fourth-order valence-corrected chi connectivity index (χ4v) is 4.79. The fourth-order valence-electron chi connectivity index (χ4n) is 4.79. The number of likely N-dealkylation sites (tertiary alicyclic amines) is 1. The highest BCUT2D eigenvalue weighted by atomic mass is 19.3. The number of hydrogen-bond acceptors (Lipinski definition) is 7. The number of benzene rings is 2. The third kappa shape index (κ3) is 10.8. The van der Waals surface area contributed by atoms with Crippen molar-refractivity contribution in [2.45, 2.75) is 82.3 Å². The van der Waals surface area contributed by atoms with Gasteiger partial charge < -0.3 is 36.4 Å². The summed E-state index contributed by atoms with van der Waals surface area (Å²) in [6.07, 6.45) is -4.87. The van der Waals surface area contributed by atoms with Gasteiger partial charge in [0.25, 0.3) is 11.8 Å². The van der Waals surface area contributed by atoms with Crippen LogP contribution in [0.1, 0.15) is 44.7 Å². The zero-order valence-corrected chi connectivity index (χ0v) is 25.3. The van der Waals surface area contributed by atoms with Crippen LogP contribution >= 0.6 is 0 Å². The number of rotatable bonds is 12. The molecule has 0 aliphatic carbocycles. The largest absolute Gasteiger partial charge is 0.445 e. The molecule has 45 heavy (non-hydrogen) atoms. The average molecular weight is 632 g/mol. The summed E-state index contributed by atoms with van der Waals surface area (Å²) < 4.78 is 34.2. The van der Waals surface area contributed by atoms with E-state index in [2.05, 4.69) is 16.0 Å². The third-order valence-electron chi connectivity index (χ3n) is 6.84. The van der Waals surface area contributed by atoms with E-state index in [0.717, 1.165) is 0 Å². The Morgan fingerprint density at radius 2 is 1.58 bits per heavy atom. The van der Waals surface area contributed by atoms with E-state index in [1.54, 1.807) is 81.4 Å². The molecular formula is C31H39F2N5O7. The average Bonchev–Trinajstić information content (AvgIpc) is 3.30. The zero-order valence-electron chi connectivity index (χ0n) is 25.3. The normalized spacial score (nSPS) is 17.8. The van der Waals surface area contributed by atoms with Gasteiger partial charge >= 0.3 is 6.09 Å². The first kappa shape index (κ1) is 34.9. The highest BCUT2D eigenvalue weighted by Crippen LogP contribution is 2.33. The van der Waals surface area contributed by atoms with Crippen LogP contribution < -0.4 is 21.7 Å². The van der Waals surface area contributed by atoms with E-state index in [1.165, 1.54) is 0 Å². The number of nitrogens with one attached hydrogen (secondary N) is 3. The maximum atomic E-state index is 14.5. The number of nitrogens with two attached hydrogens (primary N) is 1. The highest BCUT2D eigenvalue weighted by molar-refractivity contribution is 5.93. The molecule has 6 N–H and O–H groups in total. The van der Waals surface area contributed by atoms with Crippen molar-refractivity contribution in [1.82, 2.24) is 20.9 Å². The minimum atomic E-state index is -3.40. The number of hydrogen-bond donors (Lipinski definition) is 5. The first-order valence-electron chi connectivity index (χ1n) is 14.3. The molecule has 12 nitrogen and oxygen atoms in total. The number of primary amides is 1. The number of alkyl carbamates (subject to hydrolysis) is 1. The van der Waals surface area contributed by atoms with Gasteiger partial charge in [0, 0.05) is 12.0 Å². The summed E-state index contributed by atoms with van der Waals surface area (Å²) in [5, 5.41) is 18.5. The number of halogens is 2. The second-order valence-electron chi connectivity index (χ2n) is 12.0. The Morgan fingerprint density at radius 1 is 1.00 bits per heavy atom. The van der Waals surface area contributed by atoms with E-state index in [1.807, 2.05) is 0 Å². The van der Waals surface area contributed by atoms with Crippen LogP contribution in [-0.4, -0.2) is 82.0 Å². The Bertz CT molecular complexity index is 1360. The number of nitrogens with zero attached hydrogens (tertiary/aromatic N) is 1. The van der Waals surface area contributed by atoms with Crippen molar-refractivity contribution < 1.29 is 42.6 Å². The number of carbonyl (C=O) groups excluding carboxylic acids is 5. The third-order valence-corrected chi connectivity index (χ3v) is 6.84. The van der Waals surface area contributed by atoms with Gasteiger partial charge in [0.2, 0.25) is 17.7 Å². The van der Waals surface area contributed by atoms with Crippen LogP contribution in [0.4, 0.5) is 13.6 Å². The molecule has 3 rings (SSSR count). The summed E-state index contributed by atoms with van der Waals surface area (Å²) in [7, 11) is 0. The van der Waals surface area contributed by atoms with Crippen LogP contribution in [0.3, 0.4) is 0 Å². The summed E-state index contributed by atoms with van der Waals surface area (Å²) in [6.45, 7) is 3.71. The SMILES string of the molecule is CC(C)(C)NC(=O)C1CC(F)(F)CN1C(=O)C(O)C(Cc1ccccc1)NC(=O)C(CC(N)=O)NC(=O)OCc1ccccc1. The van der Waals surface area contributed by atoms with Crippen LogP contribution in [0.5, 0.6) is 0 Å². The number of carbonyl (C=O) groups is 5. The first-order valence-corrected chi connectivity index (χ1v) is 14.3. The van der Waals surface area contributed by atoms with Gasteiger partial charge in [-0.15, -0.1) is 0 Å². The van der Waals surface area contributed by atoms with E-state index < -0.39 is 84.8 Å². The minimum Gasteiger partial charge on any atom is -0.445 e. The van der Waals surface area contributed by atoms with E-state index in [9.17, 15) is 37.9 Å². The molecule has 0 spiro atoms. The van der Waals surface area contributed by atoms with E-state index >= 15 is 0 Å². The maximum absolute atomic E-state index is 14.5. The molecule has 2 aromatic carbocycles. The number of ether oxygens (including phenoxy) is 1. The lowest BCUT2D eigenvalue weighted by Crippen LogP contribution is -2.59. The van der Waals surface area contributed by atoms with Crippen LogP contribution in [0, 0.1) is 0 Å². The zero-order chi connectivity index (χ0) is 33.4. The second kappa shape index (κ2) is 14.9. The minimum absolute atomic E-state index is 0.133. The Balaban J connectivity index is 1.81. The van der Waals surface area contributed by atoms with Crippen molar-refractivity contribution in [3.63, 3.8) is 0 Å². The summed E-state index contributed by atoms with van der Waals surface area (Å²) >= 11 is 0. The molecule has 0 bridgehead atoms. The molecule has 0 aromatic heterocycles. The fraction of sp³-hybridized carbons (Fsp3) is 0.452. The molecule has 1 heterocycles. The lowest BCUT2D eigenvalue weighted by molar-refractivity contribution is -0.148. The second-order valence-corrected chi connectivity index (χ2v) is 12.0. The first-order chi connectivity index (χ1) is 21.0. The van der Waals surface area contributed by atoms with Gasteiger partial charge in [-0.1, -0.05) is 60.7 Å². The summed E-state index contributed by atoms with van der Waals surface area (Å²) in [6, 6.07) is 12.5. The Kier molecular flexibility index (Phi) is 11.6. The monoisotopic (exact) mass is 631 g/mol. The predicted molar refractivity (Wildman–Crippen MR) is 158 cm³/mol. The Hall–Kier alpha value is -4.59. The van der Waals surface area contributed by atoms with Gasteiger partial charge in [-0.3, -0.25) is 19.2 Å². The van der Waals surface area contributed by atoms with Gasteiger partial charge in [0.15, 0.2) is 6.10 Å². The molecule has 1 aliphatic rings. The van der Waals surface area contributed by atoms with Crippen LogP contribution in [0.2, 0.25) is 0 Å². The van der Waals surface area contributed by atoms with Gasteiger partial charge in [0.1, 0.15) is 18.7 Å². The highest BCUT2D eigenvalue weighted by Gasteiger charge is 2.52. The summed E-state index contributed by atoms with van der Waals surface area (Å²) in [4.78, 5) is 64.6. The van der Waals surface area contributed by atoms with Crippen molar-refractivity contribution in [1.29, 1.82) is 0 Å². The number of aliphatic hydroxyl groups excluding tert-OH is 1. The quantitative estimate of drug-likeness (QED) is 0.235. The summed E-state index contributed by atoms with van der Waals surface area (Å²) in [5.41, 5.74) is 5.74. The van der Waals surface area contributed by atoms with Crippen molar-refractivity contribution in [3.05, 3.63) is 71.8 Å². The maximum Gasteiger partial charge on any atom is 0.408 e. The molecule has 4 atom stereocenters. The molecule has 4 unspecified atom stereocenters. The molecule has 1 fully saturated rings.